The van der Waals surface area contributed by atoms with Gasteiger partial charge in [0.1, 0.15) is 0 Å². The van der Waals surface area contributed by atoms with Gasteiger partial charge in [0.05, 0.1) is 27.2 Å². The molecule has 2 unspecified atom stereocenters. The van der Waals surface area contributed by atoms with Gasteiger partial charge in [-0.25, -0.2) is 0 Å². The summed E-state index contributed by atoms with van der Waals surface area (Å²) < 4.78 is 16.5. The Hall–Kier alpha value is -3.22. The summed E-state index contributed by atoms with van der Waals surface area (Å²) >= 11 is 0. The van der Waals surface area contributed by atoms with Crippen LogP contribution in [0.5, 0.6) is 17.2 Å². The van der Waals surface area contributed by atoms with Gasteiger partial charge in [-0.15, -0.1) is 0 Å². The first-order chi connectivity index (χ1) is 15.9. The summed E-state index contributed by atoms with van der Waals surface area (Å²) in [5.74, 6) is 0.877. The van der Waals surface area contributed by atoms with E-state index in [9.17, 15) is 9.59 Å². The molecule has 1 fully saturated rings. The van der Waals surface area contributed by atoms with Gasteiger partial charge in [0, 0.05) is 31.1 Å². The Morgan fingerprint density at radius 2 is 1.70 bits per heavy atom. The Morgan fingerprint density at radius 1 is 1.03 bits per heavy atom. The van der Waals surface area contributed by atoms with Crippen LogP contribution in [0.25, 0.3) is 0 Å². The SMILES string of the molecule is CCCCNC(=O)C1CN(C(=O)c2ccccc2C)CC1c1cc(OC)c(OC)c(OC)c1. The van der Waals surface area contributed by atoms with E-state index in [4.69, 9.17) is 14.2 Å². The molecule has 1 N–H and O–H groups in total. The van der Waals surface area contributed by atoms with Crippen molar-refractivity contribution >= 4 is 11.8 Å². The molecular weight excluding hydrogens is 420 g/mol. The van der Waals surface area contributed by atoms with Crippen molar-refractivity contribution in [3.63, 3.8) is 0 Å². The second kappa shape index (κ2) is 11.1. The highest BCUT2D eigenvalue weighted by Gasteiger charge is 2.41. The van der Waals surface area contributed by atoms with E-state index >= 15 is 0 Å². The number of rotatable bonds is 9. The van der Waals surface area contributed by atoms with Gasteiger partial charge in [-0.2, -0.15) is 0 Å². The van der Waals surface area contributed by atoms with Gasteiger partial charge in [0.2, 0.25) is 11.7 Å². The minimum atomic E-state index is -0.377. The summed E-state index contributed by atoms with van der Waals surface area (Å²) in [7, 11) is 4.69. The van der Waals surface area contributed by atoms with Crippen LogP contribution < -0.4 is 19.5 Å². The molecular formula is C26H34N2O5. The first kappa shape index (κ1) is 24.4. The van der Waals surface area contributed by atoms with Crippen LogP contribution in [0, 0.1) is 12.8 Å². The van der Waals surface area contributed by atoms with Crippen molar-refractivity contribution in [1.29, 1.82) is 0 Å². The quantitative estimate of drug-likeness (QED) is 0.584. The number of hydrogen-bond acceptors (Lipinski definition) is 5. The molecule has 1 aliphatic rings. The number of nitrogens with one attached hydrogen (secondary N) is 1. The van der Waals surface area contributed by atoms with Crippen molar-refractivity contribution in [2.75, 3.05) is 41.0 Å². The molecule has 7 heteroatoms. The molecule has 0 aromatic heterocycles. The lowest BCUT2D eigenvalue weighted by Gasteiger charge is -2.21. The van der Waals surface area contributed by atoms with Crippen LogP contribution in [0.1, 0.15) is 47.2 Å². The molecule has 33 heavy (non-hydrogen) atoms. The molecule has 0 bridgehead atoms. The van der Waals surface area contributed by atoms with Crippen molar-refractivity contribution < 1.29 is 23.8 Å². The van der Waals surface area contributed by atoms with Crippen LogP contribution in [-0.4, -0.2) is 57.7 Å². The fourth-order valence-electron chi connectivity index (χ4n) is 4.39. The lowest BCUT2D eigenvalue weighted by Crippen LogP contribution is -2.36. The van der Waals surface area contributed by atoms with E-state index < -0.39 is 0 Å². The number of ether oxygens (including phenoxy) is 3. The maximum absolute atomic E-state index is 13.3. The number of nitrogens with zero attached hydrogens (tertiary/aromatic N) is 1. The first-order valence-electron chi connectivity index (χ1n) is 11.4. The van der Waals surface area contributed by atoms with Gasteiger partial charge in [-0.05, 0) is 42.7 Å². The molecule has 0 saturated carbocycles. The Kier molecular flexibility index (Phi) is 8.20. The molecule has 1 saturated heterocycles. The zero-order chi connectivity index (χ0) is 24.0. The molecule has 3 rings (SSSR count). The summed E-state index contributed by atoms with van der Waals surface area (Å²) in [6.07, 6.45) is 1.91. The number of hydrogen-bond donors (Lipinski definition) is 1. The van der Waals surface area contributed by atoms with E-state index in [1.54, 1.807) is 26.2 Å². The average Bonchev–Trinajstić information content (AvgIpc) is 3.28. The second-order valence-electron chi connectivity index (χ2n) is 8.34. The molecule has 1 heterocycles. The predicted molar refractivity (Wildman–Crippen MR) is 127 cm³/mol. The number of amides is 2. The smallest absolute Gasteiger partial charge is 0.254 e. The van der Waals surface area contributed by atoms with E-state index in [0.29, 0.717) is 42.4 Å². The number of aryl methyl sites for hydroxylation is 1. The average molecular weight is 455 g/mol. The van der Waals surface area contributed by atoms with Crippen LogP contribution in [0.2, 0.25) is 0 Å². The van der Waals surface area contributed by atoms with Crippen LogP contribution in [-0.2, 0) is 4.79 Å². The van der Waals surface area contributed by atoms with E-state index in [0.717, 1.165) is 24.0 Å². The van der Waals surface area contributed by atoms with Crippen LogP contribution in [0.15, 0.2) is 36.4 Å². The maximum Gasteiger partial charge on any atom is 0.254 e. The molecule has 2 atom stereocenters. The fourth-order valence-corrected chi connectivity index (χ4v) is 4.39. The molecule has 0 aliphatic carbocycles. The van der Waals surface area contributed by atoms with Crippen molar-refractivity contribution in [1.82, 2.24) is 10.2 Å². The van der Waals surface area contributed by atoms with Gasteiger partial charge < -0.3 is 24.4 Å². The van der Waals surface area contributed by atoms with E-state index in [2.05, 4.69) is 12.2 Å². The zero-order valence-corrected chi connectivity index (χ0v) is 20.1. The summed E-state index contributed by atoms with van der Waals surface area (Å²) in [6.45, 7) is 5.42. The van der Waals surface area contributed by atoms with Crippen molar-refractivity contribution in [3.8, 4) is 17.2 Å². The van der Waals surface area contributed by atoms with E-state index in [1.165, 1.54) is 0 Å². The van der Waals surface area contributed by atoms with Crippen LogP contribution in [0.4, 0.5) is 0 Å². The van der Waals surface area contributed by atoms with Crippen molar-refractivity contribution in [3.05, 3.63) is 53.1 Å². The molecule has 2 aromatic carbocycles. The molecule has 178 valence electrons. The normalized spacial score (nSPS) is 17.5. The number of carbonyl (C=O) groups excluding carboxylic acids is 2. The Balaban J connectivity index is 1.97. The maximum atomic E-state index is 13.3. The molecule has 2 aromatic rings. The number of unbranched alkanes of at least 4 members (excludes halogenated alkanes) is 1. The molecule has 7 nitrogen and oxygen atoms in total. The molecule has 2 amide bonds. The molecule has 0 spiro atoms. The fraction of sp³-hybridized carbons (Fsp3) is 0.462. The van der Waals surface area contributed by atoms with Gasteiger partial charge in [-0.1, -0.05) is 31.5 Å². The zero-order valence-electron chi connectivity index (χ0n) is 20.1. The Morgan fingerprint density at radius 3 is 2.27 bits per heavy atom. The third-order valence-electron chi connectivity index (χ3n) is 6.26. The standard InChI is InChI=1S/C26H34N2O5/c1-6-7-12-27-25(29)21-16-28(26(30)19-11-9-8-10-17(19)2)15-20(21)18-13-22(31-3)24(33-5)23(14-18)32-4/h8-11,13-14,20-21H,6-7,12,15-16H2,1-5H3,(H,27,29). The number of likely N-dealkylation sites (tertiary alicyclic amines) is 1. The highest BCUT2D eigenvalue weighted by Crippen LogP contribution is 2.43. The van der Waals surface area contributed by atoms with Gasteiger partial charge in [0.15, 0.2) is 11.5 Å². The number of benzene rings is 2. The summed E-state index contributed by atoms with van der Waals surface area (Å²) in [5, 5.41) is 3.05. The summed E-state index contributed by atoms with van der Waals surface area (Å²) in [5.41, 5.74) is 2.45. The van der Waals surface area contributed by atoms with Crippen LogP contribution >= 0.6 is 0 Å². The summed E-state index contributed by atoms with van der Waals surface area (Å²) in [4.78, 5) is 28.3. The van der Waals surface area contributed by atoms with Crippen LogP contribution in [0.3, 0.4) is 0 Å². The number of methoxy groups -OCH3 is 3. The van der Waals surface area contributed by atoms with Crippen molar-refractivity contribution in [2.45, 2.75) is 32.6 Å². The summed E-state index contributed by atoms with van der Waals surface area (Å²) in [6, 6.07) is 11.3. The third-order valence-corrected chi connectivity index (χ3v) is 6.26. The van der Waals surface area contributed by atoms with Gasteiger partial charge in [-0.3, -0.25) is 9.59 Å². The second-order valence-corrected chi connectivity index (χ2v) is 8.34. The highest BCUT2D eigenvalue weighted by molar-refractivity contribution is 5.96. The Labute approximate surface area is 196 Å². The molecule has 1 aliphatic heterocycles. The Bertz CT molecular complexity index is 965. The van der Waals surface area contributed by atoms with Gasteiger partial charge >= 0.3 is 0 Å². The topological polar surface area (TPSA) is 77.1 Å². The third kappa shape index (κ3) is 5.24. The highest BCUT2D eigenvalue weighted by atomic mass is 16.5. The number of carbonyl (C=O) groups is 2. The van der Waals surface area contributed by atoms with Crippen molar-refractivity contribution in [2.24, 2.45) is 5.92 Å². The first-order valence-corrected chi connectivity index (χ1v) is 11.4. The minimum absolute atomic E-state index is 0.0396. The molecule has 0 radical (unpaired) electrons. The van der Waals surface area contributed by atoms with E-state index in [1.807, 2.05) is 43.3 Å². The predicted octanol–water partition coefficient (Wildman–Crippen LogP) is 3.79. The lowest BCUT2D eigenvalue weighted by atomic mass is 9.88. The minimum Gasteiger partial charge on any atom is -0.493 e. The monoisotopic (exact) mass is 454 g/mol. The van der Waals surface area contributed by atoms with E-state index in [-0.39, 0.29) is 23.7 Å². The van der Waals surface area contributed by atoms with Gasteiger partial charge in [0.25, 0.3) is 5.91 Å². The lowest BCUT2D eigenvalue weighted by molar-refractivity contribution is -0.124. The largest absolute Gasteiger partial charge is 0.493 e.